The van der Waals surface area contributed by atoms with E-state index in [0.29, 0.717) is 12.5 Å². The molecule has 0 bridgehead atoms. The molecule has 202 valence electrons. The van der Waals surface area contributed by atoms with Crippen molar-refractivity contribution in [2.24, 2.45) is 0 Å². The zero-order chi connectivity index (χ0) is 27.6. The van der Waals surface area contributed by atoms with Crippen LogP contribution < -0.4 is 5.32 Å². The first-order valence-electron chi connectivity index (χ1n) is 14.3. The number of anilines is 1. The van der Waals surface area contributed by atoms with Crippen LogP contribution in [0, 0.1) is 6.92 Å². The molecule has 0 saturated carbocycles. The van der Waals surface area contributed by atoms with E-state index in [4.69, 9.17) is 4.98 Å². The van der Waals surface area contributed by atoms with Crippen molar-refractivity contribution in [3.8, 4) is 0 Å². The highest BCUT2D eigenvalue weighted by atomic mass is 15.3. The molecule has 0 fully saturated rings. The van der Waals surface area contributed by atoms with Crippen LogP contribution in [0.25, 0.3) is 22.0 Å². The molecule has 1 atom stereocenters. The number of nitrogens with one attached hydrogen (secondary N) is 1. The summed E-state index contributed by atoms with van der Waals surface area (Å²) in [6, 6.07) is 21.4. The van der Waals surface area contributed by atoms with Crippen molar-refractivity contribution in [2.75, 3.05) is 5.32 Å². The summed E-state index contributed by atoms with van der Waals surface area (Å²) >= 11 is 0. The van der Waals surface area contributed by atoms with Crippen molar-refractivity contribution in [3.05, 3.63) is 108 Å². The van der Waals surface area contributed by atoms with Gasteiger partial charge in [-0.05, 0) is 72.2 Å². The van der Waals surface area contributed by atoms with E-state index >= 15 is 0 Å². The number of nitrogens with zero attached hydrogens (tertiary/aromatic N) is 4. The second-order valence-corrected chi connectivity index (χ2v) is 9.89. The van der Waals surface area contributed by atoms with Crippen LogP contribution in [-0.4, -0.2) is 19.6 Å². The second-order valence-electron chi connectivity index (χ2n) is 9.89. The largest absolute Gasteiger partial charge is 0.366 e. The first kappa shape index (κ1) is 28.0. The number of rotatable bonds is 11. The van der Waals surface area contributed by atoms with Crippen molar-refractivity contribution >= 4 is 27.8 Å². The van der Waals surface area contributed by atoms with Crippen molar-refractivity contribution in [2.45, 2.75) is 72.3 Å². The Labute approximate surface area is 233 Å². The van der Waals surface area contributed by atoms with Gasteiger partial charge in [0.1, 0.15) is 5.82 Å². The molecule has 0 radical (unpaired) electrons. The lowest BCUT2D eigenvalue weighted by atomic mass is 9.91. The molecule has 3 aromatic heterocycles. The average molecular weight is 520 g/mol. The predicted octanol–water partition coefficient (Wildman–Crippen LogP) is 8.99. The van der Waals surface area contributed by atoms with Crippen molar-refractivity contribution in [3.63, 3.8) is 0 Å². The lowest BCUT2D eigenvalue weighted by molar-refractivity contribution is 0.539. The van der Waals surface area contributed by atoms with Crippen LogP contribution in [0.1, 0.15) is 81.2 Å². The third-order valence-corrected chi connectivity index (χ3v) is 7.11. The third kappa shape index (κ3) is 6.91. The van der Waals surface area contributed by atoms with Gasteiger partial charge in [0.2, 0.25) is 0 Å². The zero-order valence-electron chi connectivity index (χ0n) is 23.8. The van der Waals surface area contributed by atoms with E-state index in [0.717, 1.165) is 60.4 Å². The number of aromatic nitrogens is 4. The van der Waals surface area contributed by atoms with Gasteiger partial charge in [0.25, 0.3) is 0 Å². The minimum absolute atomic E-state index is 0.396. The number of aryl methyl sites for hydroxylation is 1. The van der Waals surface area contributed by atoms with Crippen LogP contribution in [0.4, 0.5) is 5.82 Å². The Hall–Kier alpha value is -3.99. The minimum Gasteiger partial charge on any atom is -0.366 e. The molecule has 2 aromatic carbocycles. The summed E-state index contributed by atoms with van der Waals surface area (Å²) in [6.07, 6.45) is 11.0. The molecule has 0 aliphatic rings. The molecular weight excluding hydrogens is 478 g/mol. The summed E-state index contributed by atoms with van der Waals surface area (Å²) in [5.74, 6) is 1.37. The highest BCUT2D eigenvalue weighted by Crippen LogP contribution is 2.31. The number of hydrogen-bond acceptors (Lipinski definition) is 4. The summed E-state index contributed by atoms with van der Waals surface area (Å²) in [4.78, 5) is 9.32. The summed E-state index contributed by atoms with van der Waals surface area (Å²) < 4.78 is 1.92. The molecule has 1 unspecified atom stereocenters. The van der Waals surface area contributed by atoms with Gasteiger partial charge in [0.05, 0.1) is 6.20 Å². The van der Waals surface area contributed by atoms with Gasteiger partial charge in [0.15, 0.2) is 5.65 Å². The van der Waals surface area contributed by atoms with Crippen LogP contribution in [0.5, 0.6) is 0 Å². The van der Waals surface area contributed by atoms with Gasteiger partial charge < -0.3 is 5.32 Å². The smallest absolute Gasteiger partial charge is 0.160 e. The fourth-order valence-corrected chi connectivity index (χ4v) is 5.03. The van der Waals surface area contributed by atoms with Gasteiger partial charge >= 0.3 is 0 Å². The fourth-order valence-electron chi connectivity index (χ4n) is 5.03. The van der Waals surface area contributed by atoms with Gasteiger partial charge in [-0.3, -0.25) is 4.98 Å². The number of fused-ring (bicyclic) bond motifs is 2. The van der Waals surface area contributed by atoms with Crippen LogP contribution in [0.3, 0.4) is 0 Å². The number of pyridine rings is 1. The number of hydrogen-bond donors (Lipinski definition) is 1. The first-order chi connectivity index (χ1) is 19.1. The molecule has 5 rings (SSSR count). The molecular formula is C34H41N5. The Kier molecular flexibility index (Phi) is 9.85. The Morgan fingerprint density at radius 3 is 2.56 bits per heavy atom. The van der Waals surface area contributed by atoms with E-state index in [9.17, 15) is 0 Å². The maximum atomic E-state index is 5.09. The molecule has 3 heterocycles. The average Bonchev–Trinajstić information content (AvgIpc) is 3.37. The topological polar surface area (TPSA) is 55.1 Å². The SMILES string of the molecule is C=C(CCCC(CCC)c1cc(NCc2cccnc2)n2ncc(C)c2n1)c1ccc2ccccc2c1.CC. The van der Waals surface area contributed by atoms with Crippen LogP contribution in [0.15, 0.2) is 85.8 Å². The summed E-state index contributed by atoms with van der Waals surface area (Å²) in [5, 5.41) is 10.7. The van der Waals surface area contributed by atoms with E-state index in [1.54, 1.807) is 6.20 Å². The van der Waals surface area contributed by atoms with E-state index in [1.165, 1.54) is 21.9 Å². The molecule has 0 saturated heterocycles. The van der Waals surface area contributed by atoms with Gasteiger partial charge in [-0.25, -0.2) is 4.98 Å². The molecule has 0 amide bonds. The van der Waals surface area contributed by atoms with Crippen molar-refractivity contribution in [1.29, 1.82) is 0 Å². The second kappa shape index (κ2) is 13.7. The lowest BCUT2D eigenvalue weighted by Gasteiger charge is -2.18. The van der Waals surface area contributed by atoms with E-state index in [-0.39, 0.29) is 0 Å². The van der Waals surface area contributed by atoms with Gasteiger partial charge in [-0.1, -0.05) is 76.2 Å². The summed E-state index contributed by atoms with van der Waals surface area (Å²) in [6.45, 7) is 13.4. The minimum atomic E-state index is 0.396. The monoisotopic (exact) mass is 519 g/mol. The molecule has 39 heavy (non-hydrogen) atoms. The van der Waals surface area contributed by atoms with Crippen molar-refractivity contribution in [1.82, 2.24) is 19.6 Å². The number of allylic oxidation sites excluding steroid dienone is 1. The maximum Gasteiger partial charge on any atom is 0.160 e. The molecule has 5 aromatic rings. The van der Waals surface area contributed by atoms with E-state index < -0.39 is 0 Å². The van der Waals surface area contributed by atoms with E-state index in [2.05, 4.69) is 90.4 Å². The van der Waals surface area contributed by atoms with Gasteiger partial charge in [0, 0.05) is 42.2 Å². The maximum absolute atomic E-state index is 5.09. The highest BCUT2D eigenvalue weighted by molar-refractivity contribution is 5.86. The molecule has 0 spiro atoms. The molecule has 5 heteroatoms. The Morgan fingerprint density at radius 1 is 0.974 bits per heavy atom. The molecule has 0 aliphatic carbocycles. The Balaban J connectivity index is 0.00000172. The quantitative estimate of drug-likeness (QED) is 0.189. The molecule has 1 N–H and O–H groups in total. The van der Waals surface area contributed by atoms with Gasteiger partial charge in [-0.15, -0.1) is 0 Å². The molecule has 5 nitrogen and oxygen atoms in total. The van der Waals surface area contributed by atoms with Crippen LogP contribution >= 0.6 is 0 Å². The third-order valence-electron chi connectivity index (χ3n) is 7.11. The summed E-state index contributed by atoms with van der Waals surface area (Å²) in [5.41, 5.74) is 6.73. The number of benzene rings is 2. The predicted molar refractivity (Wildman–Crippen MR) is 165 cm³/mol. The van der Waals surface area contributed by atoms with Crippen LogP contribution in [-0.2, 0) is 6.54 Å². The Bertz CT molecular complexity index is 1500. The van der Waals surface area contributed by atoms with Crippen LogP contribution in [0.2, 0.25) is 0 Å². The fraction of sp³-hybridized carbons (Fsp3) is 0.324. The molecule has 0 aliphatic heterocycles. The zero-order valence-corrected chi connectivity index (χ0v) is 23.8. The highest BCUT2D eigenvalue weighted by Gasteiger charge is 2.17. The Morgan fingerprint density at radius 2 is 1.79 bits per heavy atom. The normalized spacial score (nSPS) is 11.7. The summed E-state index contributed by atoms with van der Waals surface area (Å²) in [7, 11) is 0. The van der Waals surface area contributed by atoms with E-state index in [1.807, 2.05) is 36.8 Å². The standard InChI is InChI=1S/C32H35N5.C2H6/c1-4-9-27(14-7-10-23(2)28-16-15-26-12-5-6-13-29(26)18-28)30-19-31(34-22-25-11-8-17-33-21-25)37-32(36-30)24(3)20-35-37;1-2/h5-6,8,11-13,15-21,27,34H,2,4,7,9-10,14,22H2,1,3H3;1-2H3. The van der Waals surface area contributed by atoms with Gasteiger partial charge in [-0.2, -0.15) is 9.61 Å². The van der Waals surface area contributed by atoms with Crippen molar-refractivity contribution < 1.29 is 0 Å². The lowest BCUT2D eigenvalue weighted by Crippen LogP contribution is -2.10. The first-order valence-corrected chi connectivity index (χ1v) is 14.3.